The largest absolute Gasteiger partial charge is 0.469 e. The zero-order valence-corrected chi connectivity index (χ0v) is 24.2. The Kier molecular flexibility index (Phi) is 8.66. The van der Waals surface area contributed by atoms with Gasteiger partial charge in [-0.3, -0.25) is 4.79 Å². The van der Waals surface area contributed by atoms with E-state index in [0.29, 0.717) is 12.6 Å². The van der Waals surface area contributed by atoms with Gasteiger partial charge in [0.15, 0.2) is 0 Å². The van der Waals surface area contributed by atoms with Crippen LogP contribution in [0.2, 0.25) is 0 Å². The number of carbonyl (C=O) groups is 1. The van der Waals surface area contributed by atoms with Gasteiger partial charge in [0.1, 0.15) is 5.76 Å². The van der Waals surface area contributed by atoms with Crippen LogP contribution in [0.3, 0.4) is 0 Å². The number of likely N-dealkylation sites (N-methyl/N-ethyl adjacent to an activating group) is 1. The normalized spacial score (nSPS) is 15.1. The Bertz CT molecular complexity index is 1560. The molecule has 0 radical (unpaired) electrons. The Labute approximate surface area is 247 Å². The van der Waals surface area contributed by atoms with Gasteiger partial charge in [0.05, 0.1) is 17.3 Å². The van der Waals surface area contributed by atoms with E-state index >= 15 is 0 Å². The van der Waals surface area contributed by atoms with E-state index in [0.717, 1.165) is 79.2 Å². The number of aromatic nitrogens is 2. The molecule has 3 heterocycles. The summed E-state index contributed by atoms with van der Waals surface area (Å²) >= 11 is 0. The molecule has 42 heavy (non-hydrogen) atoms. The minimum Gasteiger partial charge on any atom is -0.469 e. The molecule has 2 N–H and O–H groups in total. The molecule has 6 rings (SSSR count). The number of furan rings is 1. The fourth-order valence-electron chi connectivity index (χ4n) is 6.04. The number of benzene rings is 3. The van der Waals surface area contributed by atoms with Crippen molar-refractivity contribution in [2.24, 2.45) is 0 Å². The fourth-order valence-corrected chi connectivity index (χ4v) is 6.04. The van der Waals surface area contributed by atoms with Crippen molar-refractivity contribution in [2.75, 3.05) is 38.5 Å². The van der Waals surface area contributed by atoms with Crippen LogP contribution in [-0.4, -0.2) is 64.9 Å². The highest BCUT2D eigenvalue weighted by Gasteiger charge is 2.23. The van der Waals surface area contributed by atoms with Crippen molar-refractivity contribution in [1.29, 1.82) is 0 Å². The molecule has 216 valence electrons. The first kappa shape index (κ1) is 27.8. The first-order valence-electron chi connectivity index (χ1n) is 15.0. The summed E-state index contributed by atoms with van der Waals surface area (Å²) in [7, 11) is 1.92. The maximum Gasteiger partial charge on any atom is 0.253 e. The average Bonchev–Trinajstić information content (AvgIpc) is 3.70. The van der Waals surface area contributed by atoms with Crippen molar-refractivity contribution in [1.82, 2.24) is 19.8 Å². The molecule has 0 saturated carbocycles. The maximum absolute atomic E-state index is 13.0. The van der Waals surface area contributed by atoms with Crippen LogP contribution in [0, 0.1) is 0 Å². The molecule has 2 aromatic heterocycles. The minimum atomic E-state index is 0.0714. The number of para-hydroxylation sites is 1. The van der Waals surface area contributed by atoms with Crippen molar-refractivity contribution in [2.45, 2.75) is 37.6 Å². The van der Waals surface area contributed by atoms with Gasteiger partial charge in [-0.05, 0) is 67.3 Å². The first-order chi connectivity index (χ1) is 20.6. The van der Waals surface area contributed by atoms with E-state index in [9.17, 15) is 4.79 Å². The number of aromatic amines is 1. The van der Waals surface area contributed by atoms with Crippen molar-refractivity contribution in [3.8, 4) is 0 Å². The van der Waals surface area contributed by atoms with Crippen molar-refractivity contribution >= 4 is 22.9 Å². The van der Waals surface area contributed by atoms with Gasteiger partial charge >= 0.3 is 0 Å². The highest BCUT2D eigenvalue weighted by Crippen LogP contribution is 2.25. The first-order valence-corrected chi connectivity index (χ1v) is 15.0. The van der Waals surface area contributed by atoms with Gasteiger partial charge in [0.25, 0.3) is 5.91 Å². The third kappa shape index (κ3) is 6.74. The van der Waals surface area contributed by atoms with E-state index < -0.39 is 0 Å². The lowest BCUT2D eigenvalue weighted by Gasteiger charge is -2.33. The zero-order chi connectivity index (χ0) is 28.7. The Morgan fingerprint density at radius 1 is 1.00 bits per heavy atom. The molecule has 1 saturated heterocycles. The summed E-state index contributed by atoms with van der Waals surface area (Å²) in [5.74, 6) is 2.13. The Hall–Kier alpha value is -4.36. The highest BCUT2D eigenvalue weighted by atomic mass is 16.3. The molecule has 1 fully saturated rings. The van der Waals surface area contributed by atoms with Crippen molar-refractivity contribution in [3.63, 3.8) is 0 Å². The van der Waals surface area contributed by atoms with Crippen molar-refractivity contribution in [3.05, 3.63) is 120 Å². The summed E-state index contributed by atoms with van der Waals surface area (Å²) in [6, 6.07) is 30.8. The van der Waals surface area contributed by atoms with E-state index in [1.807, 2.05) is 54.4 Å². The number of rotatable bonds is 11. The molecule has 1 unspecified atom stereocenters. The van der Waals surface area contributed by atoms with E-state index in [1.165, 1.54) is 5.56 Å². The second kappa shape index (κ2) is 13.1. The molecule has 1 atom stereocenters. The van der Waals surface area contributed by atoms with Gasteiger partial charge < -0.3 is 24.5 Å². The van der Waals surface area contributed by atoms with E-state index in [1.54, 1.807) is 6.26 Å². The number of imidazole rings is 1. The number of nitrogens with one attached hydrogen (secondary N) is 2. The molecule has 1 aliphatic rings. The third-order valence-electron chi connectivity index (χ3n) is 8.40. The monoisotopic (exact) mass is 561 g/mol. The van der Waals surface area contributed by atoms with Gasteiger partial charge in [-0.25, -0.2) is 4.98 Å². The fraction of sp³-hybridized carbons (Fsp3) is 0.314. The summed E-state index contributed by atoms with van der Waals surface area (Å²) in [6.45, 7) is 3.80. The second-order valence-corrected chi connectivity index (χ2v) is 11.4. The number of amides is 1. The molecule has 3 aromatic carbocycles. The average molecular weight is 562 g/mol. The van der Waals surface area contributed by atoms with E-state index in [4.69, 9.17) is 9.40 Å². The predicted octanol–water partition coefficient (Wildman–Crippen LogP) is 6.57. The summed E-state index contributed by atoms with van der Waals surface area (Å²) in [5.41, 5.74) is 5.22. The number of anilines is 1. The topological polar surface area (TPSA) is 77.4 Å². The number of hydrogen-bond donors (Lipinski definition) is 2. The molecule has 0 aliphatic carbocycles. The smallest absolute Gasteiger partial charge is 0.253 e. The Morgan fingerprint density at radius 3 is 2.50 bits per heavy atom. The van der Waals surface area contributed by atoms with Crippen LogP contribution in [0.25, 0.3) is 11.0 Å². The molecule has 0 bridgehead atoms. The van der Waals surface area contributed by atoms with Crippen LogP contribution in [-0.2, 0) is 6.42 Å². The Balaban J connectivity index is 1.03. The number of likely N-dealkylation sites (tertiary alicyclic amines) is 1. The van der Waals surface area contributed by atoms with Crippen LogP contribution in [0.5, 0.6) is 0 Å². The zero-order valence-electron chi connectivity index (χ0n) is 24.2. The lowest BCUT2D eigenvalue weighted by molar-refractivity contribution is 0.0782. The minimum absolute atomic E-state index is 0.0714. The standard InChI is InChI=1S/C35H39N5O2/c1-39(34(41)27-12-6-3-7-13-27)25-29(26-10-4-2-5-11-26)17-20-40-21-18-30(19-22-40)36-35-37-32-16-8-14-28(33(32)38-35)24-31-15-9-23-42-31/h2-16,23,29-30H,17-22,24-25H2,1H3,(H2,36,37,38). The molecule has 5 aromatic rings. The summed E-state index contributed by atoms with van der Waals surface area (Å²) in [5, 5.41) is 3.66. The molecule has 7 heteroatoms. The van der Waals surface area contributed by atoms with Crippen LogP contribution in [0.15, 0.2) is 102 Å². The van der Waals surface area contributed by atoms with Gasteiger partial charge in [-0.2, -0.15) is 0 Å². The van der Waals surface area contributed by atoms with Crippen LogP contribution in [0.4, 0.5) is 5.95 Å². The molecule has 1 aliphatic heterocycles. The molecular formula is C35H39N5O2. The van der Waals surface area contributed by atoms with Crippen molar-refractivity contribution < 1.29 is 9.21 Å². The molecule has 7 nitrogen and oxygen atoms in total. The highest BCUT2D eigenvalue weighted by molar-refractivity contribution is 5.94. The summed E-state index contributed by atoms with van der Waals surface area (Å²) < 4.78 is 5.56. The summed E-state index contributed by atoms with van der Waals surface area (Å²) in [6.07, 6.45) is 5.59. The maximum atomic E-state index is 13.0. The summed E-state index contributed by atoms with van der Waals surface area (Å²) in [4.78, 5) is 25.9. The van der Waals surface area contributed by atoms with E-state index in [2.05, 4.69) is 63.7 Å². The third-order valence-corrected chi connectivity index (χ3v) is 8.40. The quantitative estimate of drug-likeness (QED) is 0.191. The second-order valence-electron chi connectivity index (χ2n) is 11.4. The SMILES string of the molecule is CN(CC(CCN1CCC(Nc2nc3c(Cc4ccco4)cccc3[nH]2)CC1)c1ccccc1)C(=O)c1ccccc1. The van der Waals surface area contributed by atoms with Crippen LogP contribution in [0.1, 0.15) is 52.4 Å². The lowest BCUT2D eigenvalue weighted by atomic mass is 9.94. The van der Waals surface area contributed by atoms with E-state index in [-0.39, 0.29) is 11.8 Å². The number of piperidine rings is 1. The Morgan fingerprint density at radius 2 is 1.76 bits per heavy atom. The molecule has 0 spiro atoms. The molecule has 1 amide bonds. The van der Waals surface area contributed by atoms with Gasteiger partial charge in [-0.15, -0.1) is 0 Å². The number of nitrogens with zero attached hydrogens (tertiary/aromatic N) is 3. The molecular weight excluding hydrogens is 522 g/mol. The van der Waals surface area contributed by atoms with Crippen LogP contribution < -0.4 is 5.32 Å². The number of H-pyrrole nitrogens is 1. The van der Waals surface area contributed by atoms with Gasteiger partial charge in [-0.1, -0.05) is 60.7 Å². The lowest BCUT2D eigenvalue weighted by Crippen LogP contribution is -2.40. The van der Waals surface area contributed by atoms with Crippen LogP contribution >= 0.6 is 0 Å². The number of fused-ring (bicyclic) bond motifs is 1. The predicted molar refractivity (Wildman–Crippen MR) is 168 cm³/mol. The number of hydrogen-bond acceptors (Lipinski definition) is 5. The van der Waals surface area contributed by atoms with Gasteiger partial charge in [0, 0.05) is 50.6 Å². The number of carbonyl (C=O) groups excluding carboxylic acids is 1. The van der Waals surface area contributed by atoms with Gasteiger partial charge in [0.2, 0.25) is 5.95 Å².